The number of hydrogen-bond acceptors (Lipinski definition) is 3. The molecule has 4 nitrogen and oxygen atoms in total. The second-order valence-corrected chi connectivity index (χ2v) is 4.87. The van der Waals surface area contributed by atoms with Gasteiger partial charge in [0.1, 0.15) is 0 Å². The van der Waals surface area contributed by atoms with Gasteiger partial charge in [-0.05, 0) is 31.2 Å². The van der Waals surface area contributed by atoms with Crippen molar-refractivity contribution in [3.63, 3.8) is 0 Å². The van der Waals surface area contributed by atoms with E-state index in [1.54, 1.807) is 0 Å². The molecule has 4 N–H and O–H groups in total. The van der Waals surface area contributed by atoms with E-state index in [9.17, 15) is 4.79 Å². The van der Waals surface area contributed by atoms with E-state index in [0.29, 0.717) is 13.0 Å². The third kappa shape index (κ3) is 4.94. The number of carbonyl (C=O) groups excluding carboxylic acids is 1. The standard InChI is InChI=1S/C12H25N3O/c1-3-4-14-12(16)6-11(7-13)15-8-10-5-9(10)2/h9-11,15H,3-8,13H2,1-2H3,(H,14,16). The minimum atomic E-state index is 0.105. The molecule has 0 aromatic rings. The fourth-order valence-corrected chi connectivity index (χ4v) is 1.80. The van der Waals surface area contributed by atoms with Gasteiger partial charge >= 0.3 is 0 Å². The summed E-state index contributed by atoms with van der Waals surface area (Å²) >= 11 is 0. The summed E-state index contributed by atoms with van der Waals surface area (Å²) in [6, 6.07) is 0.129. The predicted molar refractivity (Wildman–Crippen MR) is 66.0 cm³/mol. The minimum Gasteiger partial charge on any atom is -0.356 e. The third-order valence-corrected chi connectivity index (χ3v) is 3.23. The zero-order valence-electron chi connectivity index (χ0n) is 10.5. The lowest BCUT2D eigenvalue weighted by atomic mass is 10.2. The molecule has 1 fully saturated rings. The predicted octanol–water partition coefficient (Wildman–Crippen LogP) is 0.476. The Labute approximate surface area is 98.3 Å². The Morgan fingerprint density at radius 3 is 2.75 bits per heavy atom. The first-order valence-corrected chi connectivity index (χ1v) is 6.37. The number of nitrogens with one attached hydrogen (secondary N) is 2. The lowest BCUT2D eigenvalue weighted by Crippen LogP contribution is -2.41. The molecule has 1 aliphatic carbocycles. The van der Waals surface area contributed by atoms with E-state index in [2.05, 4.69) is 17.6 Å². The summed E-state index contributed by atoms with van der Waals surface area (Å²) in [5, 5.41) is 6.26. The second-order valence-electron chi connectivity index (χ2n) is 4.87. The summed E-state index contributed by atoms with van der Waals surface area (Å²) in [6.07, 6.45) is 2.79. The summed E-state index contributed by atoms with van der Waals surface area (Å²) in [6.45, 7) is 6.60. The van der Waals surface area contributed by atoms with Gasteiger partial charge in [0.15, 0.2) is 0 Å². The molecular weight excluding hydrogens is 202 g/mol. The van der Waals surface area contributed by atoms with Crippen molar-refractivity contribution in [2.24, 2.45) is 17.6 Å². The van der Waals surface area contributed by atoms with Crippen LogP contribution in [-0.4, -0.2) is 31.6 Å². The lowest BCUT2D eigenvalue weighted by molar-refractivity contribution is -0.121. The van der Waals surface area contributed by atoms with Gasteiger partial charge in [0.05, 0.1) is 0 Å². The van der Waals surface area contributed by atoms with Crippen molar-refractivity contribution in [3.8, 4) is 0 Å². The zero-order valence-corrected chi connectivity index (χ0v) is 10.5. The number of carbonyl (C=O) groups is 1. The van der Waals surface area contributed by atoms with Gasteiger partial charge in [-0.1, -0.05) is 13.8 Å². The highest BCUT2D eigenvalue weighted by Crippen LogP contribution is 2.36. The summed E-state index contributed by atoms with van der Waals surface area (Å²) in [5.41, 5.74) is 5.65. The fraction of sp³-hybridized carbons (Fsp3) is 0.917. The average Bonchev–Trinajstić information content (AvgIpc) is 2.97. The van der Waals surface area contributed by atoms with Crippen LogP contribution in [0, 0.1) is 11.8 Å². The van der Waals surface area contributed by atoms with Crippen LogP contribution in [0.25, 0.3) is 0 Å². The van der Waals surface area contributed by atoms with Crippen LogP contribution >= 0.6 is 0 Å². The molecule has 0 heterocycles. The Bertz CT molecular complexity index is 220. The van der Waals surface area contributed by atoms with Gasteiger partial charge in [-0.3, -0.25) is 4.79 Å². The summed E-state index contributed by atoms with van der Waals surface area (Å²) in [7, 11) is 0. The lowest BCUT2D eigenvalue weighted by Gasteiger charge is -2.16. The van der Waals surface area contributed by atoms with E-state index < -0.39 is 0 Å². The van der Waals surface area contributed by atoms with E-state index in [4.69, 9.17) is 5.73 Å². The van der Waals surface area contributed by atoms with E-state index in [1.807, 2.05) is 6.92 Å². The van der Waals surface area contributed by atoms with Gasteiger partial charge in [-0.2, -0.15) is 0 Å². The Morgan fingerprint density at radius 2 is 2.25 bits per heavy atom. The Balaban J connectivity index is 2.12. The quantitative estimate of drug-likeness (QED) is 0.565. The Kier molecular flexibility index (Phi) is 5.77. The van der Waals surface area contributed by atoms with Gasteiger partial charge in [-0.25, -0.2) is 0 Å². The molecule has 0 radical (unpaired) electrons. The SMILES string of the molecule is CCCNC(=O)CC(CN)NCC1CC1C. The van der Waals surface area contributed by atoms with Gasteiger partial charge in [-0.15, -0.1) is 0 Å². The normalized spacial score (nSPS) is 25.2. The van der Waals surface area contributed by atoms with Crippen molar-refractivity contribution >= 4 is 5.91 Å². The van der Waals surface area contributed by atoms with Gasteiger partial charge in [0.25, 0.3) is 0 Å². The maximum Gasteiger partial charge on any atom is 0.221 e. The molecule has 1 amide bonds. The maximum atomic E-state index is 11.5. The van der Waals surface area contributed by atoms with Crippen LogP contribution in [0.4, 0.5) is 0 Å². The van der Waals surface area contributed by atoms with Gasteiger partial charge in [0, 0.05) is 25.6 Å². The average molecular weight is 227 g/mol. The van der Waals surface area contributed by atoms with Gasteiger partial charge < -0.3 is 16.4 Å². The first-order chi connectivity index (χ1) is 7.67. The van der Waals surface area contributed by atoms with Gasteiger partial charge in [0.2, 0.25) is 5.91 Å². The third-order valence-electron chi connectivity index (χ3n) is 3.23. The van der Waals surface area contributed by atoms with Crippen molar-refractivity contribution in [1.82, 2.24) is 10.6 Å². The topological polar surface area (TPSA) is 67.2 Å². The summed E-state index contributed by atoms with van der Waals surface area (Å²) in [4.78, 5) is 11.5. The molecule has 0 bridgehead atoms. The molecule has 4 heteroatoms. The number of amides is 1. The Morgan fingerprint density at radius 1 is 1.56 bits per heavy atom. The highest BCUT2D eigenvalue weighted by Gasteiger charge is 2.32. The maximum absolute atomic E-state index is 11.5. The van der Waals surface area contributed by atoms with Crippen LogP contribution in [0.5, 0.6) is 0 Å². The molecule has 0 spiro atoms. The van der Waals surface area contributed by atoms with Crippen molar-refractivity contribution in [3.05, 3.63) is 0 Å². The summed E-state index contributed by atoms with van der Waals surface area (Å²) in [5.74, 6) is 1.75. The molecule has 94 valence electrons. The minimum absolute atomic E-state index is 0.105. The molecule has 0 aromatic heterocycles. The molecule has 1 saturated carbocycles. The van der Waals surface area contributed by atoms with Crippen molar-refractivity contribution < 1.29 is 4.79 Å². The molecule has 0 aromatic carbocycles. The first-order valence-electron chi connectivity index (χ1n) is 6.37. The highest BCUT2D eigenvalue weighted by molar-refractivity contribution is 5.76. The molecular formula is C12H25N3O. The van der Waals surface area contributed by atoms with Crippen LogP contribution in [0.3, 0.4) is 0 Å². The number of hydrogen-bond donors (Lipinski definition) is 3. The number of nitrogens with two attached hydrogens (primary N) is 1. The Hall–Kier alpha value is -0.610. The van der Waals surface area contributed by atoms with Crippen molar-refractivity contribution in [2.75, 3.05) is 19.6 Å². The van der Waals surface area contributed by atoms with Crippen LogP contribution < -0.4 is 16.4 Å². The monoisotopic (exact) mass is 227 g/mol. The van der Waals surface area contributed by atoms with Crippen LogP contribution in [0.15, 0.2) is 0 Å². The molecule has 16 heavy (non-hydrogen) atoms. The number of rotatable bonds is 8. The van der Waals surface area contributed by atoms with Crippen LogP contribution in [0.1, 0.15) is 33.1 Å². The van der Waals surface area contributed by atoms with E-state index in [1.165, 1.54) is 6.42 Å². The molecule has 1 rings (SSSR count). The molecule has 3 atom stereocenters. The molecule has 0 saturated heterocycles. The van der Waals surface area contributed by atoms with Crippen molar-refractivity contribution in [1.29, 1.82) is 0 Å². The van der Waals surface area contributed by atoms with Crippen LogP contribution in [0.2, 0.25) is 0 Å². The van der Waals surface area contributed by atoms with E-state index in [-0.39, 0.29) is 11.9 Å². The first kappa shape index (κ1) is 13.5. The second kappa shape index (κ2) is 6.86. The summed E-state index contributed by atoms with van der Waals surface area (Å²) < 4.78 is 0. The van der Waals surface area contributed by atoms with Crippen molar-refractivity contribution in [2.45, 2.75) is 39.2 Å². The largest absolute Gasteiger partial charge is 0.356 e. The van der Waals surface area contributed by atoms with E-state index in [0.717, 1.165) is 31.3 Å². The fourth-order valence-electron chi connectivity index (χ4n) is 1.80. The zero-order chi connectivity index (χ0) is 12.0. The highest BCUT2D eigenvalue weighted by atomic mass is 16.1. The van der Waals surface area contributed by atoms with E-state index >= 15 is 0 Å². The van der Waals surface area contributed by atoms with Crippen LogP contribution in [-0.2, 0) is 4.79 Å². The smallest absolute Gasteiger partial charge is 0.221 e. The molecule has 0 aliphatic heterocycles. The molecule has 1 aliphatic rings. The molecule has 3 unspecified atom stereocenters.